The highest BCUT2D eigenvalue weighted by atomic mass is 16.5. The summed E-state index contributed by atoms with van der Waals surface area (Å²) in [5.74, 6) is -0.776. The lowest BCUT2D eigenvalue weighted by atomic mass is 9.85. The summed E-state index contributed by atoms with van der Waals surface area (Å²) in [5, 5.41) is 3.63. The largest absolute Gasteiger partial charge is 0.467 e. The predicted octanol–water partition coefficient (Wildman–Crippen LogP) is 1.01. The number of hydrogen-bond acceptors (Lipinski definition) is 5. The van der Waals surface area contributed by atoms with Crippen LogP contribution in [-0.2, 0) is 19.1 Å². The average Bonchev–Trinajstić information content (AvgIpc) is 2.87. The lowest BCUT2D eigenvalue weighted by Gasteiger charge is -2.44. The van der Waals surface area contributed by atoms with E-state index in [1.54, 1.807) is 14.0 Å². The zero-order valence-electron chi connectivity index (χ0n) is 11.8. The van der Waals surface area contributed by atoms with Gasteiger partial charge in [0.2, 0.25) is 5.91 Å². The number of esters is 1. The second-order valence-electron chi connectivity index (χ2n) is 5.34. The Kier molecular flexibility index (Phi) is 3.87. The first-order valence-corrected chi connectivity index (χ1v) is 6.48. The summed E-state index contributed by atoms with van der Waals surface area (Å²) in [7, 11) is 2.85. The van der Waals surface area contributed by atoms with E-state index in [9.17, 15) is 9.59 Å². The lowest BCUT2D eigenvalue weighted by Crippen LogP contribution is -2.62. The van der Waals surface area contributed by atoms with Crippen LogP contribution in [0.2, 0.25) is 0 Å². The molecule has 20 heavy (non-hydrogen) atoms. The SMILES string of the molecule is COC(=O)[C@@H]1CC[C@H]2[C@@H](OC)C[C@](C)(N=[N+]=[N-])C(=O)N12. The van der Waals surface area contributed by atoms with Gasteiger partial charge in [-0.3, -0.25) is 4.79 Å². The smallest absolute Gasteiger partial charge is 0.328 e. The number of methoxy groups -OCH3 is 2. The highest BCUT2D eigenvalue weighted by Gasteiger charge is 2.55. The van der Waals surface area contributed by atoms with Crippen molar-refractivity contribution in [2.45, 2.75) is 49.9 Å². The molecule has 2 aliphatic rings. The Balaban J connectivity index is 2.38. The van der Waals surface area contributed by atoms with E-state index in [-0.39, 0.29) is 18.1 Å². The summed E-state index contributed by atoms with van der Waals surface area (Å²) in [6, 6.07) is -0.790. The molecule has 2 saturated heterocycles. The molecule has 0 spiro atoms. The Morgan fingerprint density at radius 1 is 1.50 bits per heavy atom. The Bertz CT molecular complexity index is 476. The van der Waals surface area contributed by atoms with Crippen LogP contribution in [0.4, 0.5) is 0 Å². The van der Waals surface area contributed by atoms with Crippen LogP contribution in [0.3, 0.4) is 0 Å². The molecule has 8 nitrogen and oxygen atoms in total. The highest BCUT2D eigenvalue weighted by molar-refractivity contribution is 5.92. The molecule has 110 valence electrons. The van der Waals surface area contributed by atoms with E-state index >= 15 is 0 Å². The van der Waals surface area contributed by atoms with Gasteiger partial charge in [-0.15, -0.1) is 0 Å². The fraction of sp³-hybridized carbons (Fsp3) is 0.833. The third-order valence-electron chi connectivity index (χ3n) is 4.19. The lowest BCUT2D eigenvalue weighted by molar-refractivity contribution is -0.161. The minimum atomic E-state index is -1.22. The zero-order chi connectivity index (χ0) is 14.9. The molecule has 8 heteroatoms. The average molecular weight is 282 g/mol. The first kappa shape index (κ1) is 14.6. The van der Waals surface area contributed by atoms with E-state index in [0.29, 0.717) is 19.3 Å². The van der Waals surface area contributed by atoms with E-state index < -0.39 is 17.6 Å². The third-order valence-corrected chi connectivity index (χ3v) is 4.19. The van der Waals surface area contributed by atoms with Gasteiger partial charge in [-0.2, -0.15) is 0 Å². The number of carbonyl (C=O) groups excluding carboxylic acids is 2. The maximum Gasteiger partial charge on any atom is 0.328 e. The molecule has 0 saturated carbocycles. The van der Waals surface area contributed by atoms with Gasteiger partial charge in [0.25, 0.3) is 0 Å². The summed E-state index contributed by atoms with van der Waals surface area (Å²) >= 11 is 0. The van der Waals surface area contributed by atoms with Crippen molar-refractivity contribution >= 4 is 11.9 Å². The summed E-state index contributed by atoms with van der Waals surface area (Å²) in [6.45, 7) is 1.57. The molecule has 0 unspecified atom stereocenters. The highest BCUT2D eigenvalue weighted by Crippen LogP contribution is 2.39. The molecule has 0 aromatic heterocycles. The molecule has 4 atom stereocenters. The third kappa shape index (κ3) is 2.10. The Morgan fingerprint density at radius 2 is 2.20 bits per heavy atom. The van der Waals surface area contributed by atoms with Crippen LogP contribution < -0.4 is 0 Å². The number of rotatable bonds is 3. The fourth-order valence-corrected chi connectivity index (χ4v) is 3.18. The van der Waals surface area contributed by atoms with Crippen LogP contribution in [0.15, 0.2) is 5.11 Å². The van der Waals surface area contributed by atoms with Crippen LogP contribution in [0.5, 0.6) is 0 Å². The van der Waals surface area contributed by atoms with E-state index in [1.807, 2.05) is 0 Å². The molecule has 0 N–H and O–H groups in total. The first-order valence-electron chi connectivity index (χ1n) is 6.48. The second kappa shape index (κ2) is 5.30. The van der Waals surface area contributed by atoms with Gasteiger partial charge in [-0.25, -0.2) is 4.79 Å². The van der Waals surface area contributed by atoms with Crippen molar-refractivity contribution in [2.24, 2.45) is 5.11 Å². The Labute approximate surface area is 116 Å². The minimum Gasteiger partial charge on any atom is -0.467 e. The van der Waals surface area contributed by atoms with Gasteiger partial charge < -0.3 is 14.4 Å². The van der Waals surface area contributed by atoms with Crippen LogP contribution in [0.25, 0.3) is 10.4 Å². The van der Waals surface area contributed by atoms with Gasteiger partial charge in [-0.05, 0) is 31.7 Å². The van der Waals surface area contributed by atoms with Gasteiger partial charge in [0.15, 0.2) is 0 Å². The molecule has 0 aliphatic carbocycles. The molecule has 2 rings (SSSR count). The number of fused-ring (bicyclic) bond motifs is 1. The quantitative estimate of drug-likeness (QED) is 0.333. The maximum absolute atomic E-state index is 12.6. The first-order chi connectivity index (χ1) is 9.48. The number of nitrogens with zero attached hydrogens (tertiary/aromatic N) is 4. The molecule has 0 bridgehead atoms. The molecule has 0 aromatic carbocycles. The zero-order valence-corrected chi connectivity index (χ0v) is 11.8. The molecule has 1 amide bonds. The van der Waals surface area contributed by atoms with Crippen molar-refractivity contribution in [1.29, 1.82) is 0 Å². The van der Waals surface area contributed by atoms with Crippen molar-refractivity contribution in [2.75, 3.05) is 14.2 Å². The van der Waals surface area contributed by atoms with Gasteiger partial charge >= 0.3 is 5.97 Å². The molecule has 2 aliphatic heterocycles. The molecule has 0 aromatic rings. The van der Waals surface area contributed by atoms with Crippen molar-refractivity contribution < 1.29 is 19.1 Å². The van der Waals surface area contributed by atoms with Crippen molar-refractivity contribution in [3.63, 3.8) is 0 Å². The van der Waals surface area contributed by atoms with Gasteiger partial charge in [-0.1, -0.05) is 5.11 Å². The van der Waals surface area contributed by atoms with Gasteiger partial charge in [0, 0.05) is 12.0 Å². The monoisotopic (exact) mass is 282 g/mol. The minimum absolute atomic E-state index is 0.168. The standard InChI is InChI=1S/C12H18N4O4/c1-12(14-15-13)6-9(19-2)7-4-5-8(10(17)20-3)16(7)11(12)18/h7-9H,4-6H2,1-3H3/t7-,8-,9-,12-/m0/s1. The van der Waals surface area contributed by atoms with Crippen LogP contribution in [-0.4, -0.2) is 54.7 Å². The fourth-order valence-electron chi connectivity index (χ4n) is 3.18. The van der Waals surface area contributed by atoms with E-state index in [2.05, 4.69) is 10.0 Å². The van der Waals surface area contributed by atoms with Crippen LogP contribution in [0.1, 0.15) is 26.2 Å². The van der Waals surface area contributed by atoms with Crippen LogP contribution in [0, 0.1) is 0 Å². The normalized spacial score (nSPS) is 36.2. The molecule has 2 heterocycles. The Hall–Kier alpha value is -1.79. The number of carbonyl (C=O) groups is 2. The maximum atomic E-state index is 12.6. The Morgan fingerprint density at radius 3 is 2.75 bits per heavy atom. The van der Waals surface area contributed by atoms with Crippen molar-refractivity contribution in [1.82, 2.24) is 4.90 Å². The molecule has 2 fully saturated rings. The van der Waals surface area contributed by atoms with Crippen molar-refractivity contribution in [3.05, 3.63) is 10.4 Å². The topological polar surface area (TPSA) is 105 Å². The van der Waals surface area contributed by atoms with Gasteiger partial charge in [0.05, 0.1) is 19.3 Å². The van der Waals surface area contributed by atoms with E-state index in [4.69, 9.17) is 15.0 Å². The van der Waals surface area contributed by atoms with Crippen LogP contribution >= 0.6 is 0 Å². The summed E-state index contributed by atoms with van der Waals surface area (Å²) in [6.07, 6.45) is 1.28. The molecular weight excluding hydrogens is 264 g/mol. The number of ether oxygens (including phenoxy) is 2. The molecular formula is C12H18N4O4. The van der Waals surface area contributed by atoms with E-state index in [0.717, 1.165) is 0 Å². The number of piperidine rings is 1. The summed E-state index contributed by atoms with van der Waals surface area (Å²) < 4.78 is 10.2. The summed E-state index contributed by atoms with van der Waals surface area (Å²) in [5.41, 5.74) is 7.46. The second-order valence-corrected chi connectivity index (χ2v) is 5.34. The number of azide groups is 1. The van der Waals surface area contributed by atoms with Crippen molar-refractivity contribution in [3.8, 4) is 0 Å². The summed E-state index contributed by atoms with van der Waals surface area (Å²) in [4.78, 5) is 28.7. The predicted molar refractivity (Wildman–Crippen MR) is 68.6 cm³/mol. The van der Waals surface area contributed by atoms with E-state index in [1.165, 1.54) is 12.0 Å². The number of amides is 1. The number of hydrogen-bond donors (Lipinski definition) is 0. The van der Waals surface area contributed by atoms with Gasteiger partial charge in [0.1, 0.15) is 11.6 Å². The molecule has 0 radical (unpaired) electrons.